The zero-order valence-corrected chi connectivity index (χ0v) is 8.08. The lowest BCUT2D eigenvalue weighted by atomic mass is 9.86. The molecule has 1 nitrogen and oxygen atoms in total. The van der Waals surface area contributed by atoms with Crippen LogP contribution < -0.4 is 0 Å². The van der Waals surface area contributed by atoms with Crippen molar-refractivity contribution in [3.8, 4) is 0 Å². The minimum atomic E-state index is -0.257. The van der Waals surface area contributed by atoms with Crippen LogP contribution in [0.5, 0.6) is 0 Å². The molecule has 1 N–H and O–H groups in total. The topological polar surface area (TPSA) is 20.2 Å². The number of rotatable bonds is 1. The van der Waals surface area contributed by atoms with Crippen molar-refractivity contribution in [2.75, 3.05) is 5.75 Å². The molecule has 0 aromatic carbocycles. The Labute approximate surface area is 72.6 Å². The van der Waals surface area contributed by atoms with Crippen LogP contribution in [0.2, 0.25) is 0 Å². The first kappa shape index (κ1) is 7.93. The van der Waals surface area contributed by atoms with Crippen LogP contribution in [0.25, 0.3) is 0 Å². The smallest absolute Gasteiger partial charge is 0.0691 e. The quantitative estimate of drug-likeness (QED) is 0.653. The van der Waals surface area contributed by atoms with Gasteiger partial charge in [0, 0.05) is 10.7 Å². The molecule has 1 aliphatic carbocycles. The third-order valence-corrected chi connectivity index (χ3v) is 4.60. The number of thioether (sulfide) groups is 1. The average Bonchev–Trinajstić information content (AvgIpc) is 2.50. The minimum absolute atomic E-state index is 0.257. The summed E-state index contributed by atoms with van der Waals surface area (Å²) < 4.78 is 0.325. The molecule has 2 heteroatoms. The van der Waals surface area contributed by atoms with E-state index in [9.17, 15) is 5.11 Å². The molecule has 0 radical (unpaired) electrons. The summed E-state index contributed by atoms with van der Waals surface area (Å²) in [5.41, 5.74) is -0.257. The Bertz CT molecular complexity index is 172. The second-order valence-electron chi connectivity index (χ2n) is 4.40. The van der Waals surface area contributed by atoms with Gasteiger partial charge in [-0.3, -0.25) is 0 Å². The van der Waals surface area contributed by atoms with Gasteiger partial charge < -0.3 is 5.11 Å². The van der Waals surface area contributed by atoms with Gasteiger partial charge in [-0.15, -0.1) is 0 Å². The molecule has 0 aromatic rings. The second kappa shape index (κ2) is 2.17. The molecule has 1 aliphatic heterocycles. The molecule has 0 amide bonds. The van der Waals surface area contributed by atoms with E-state index in [4.69, 9.17) is 0 Å². The van der Waals surface area contributed by atoms with Crippen LogP contribution in [-0.4, -0.2) is 21.2 Å². The van der Waals surface area contributed by atoms with E-state index in [1.165, 1.54) is 12.2 Å². The SMILES string of the molecule is CC1(C)SCCC1C1(O)CC1. The van der Waals surface area contributed by atoms with Crippen molar-refractivity contribution in [3.05, 3.63) is 0 Å². The molecular formula is C9H16OS. The zero-order chi connectivity index (χ0) is 8.11. The van der Waals surface area contributed by atoms with Crippen LogP contribution in [0.15, 0.2) is 0 Å². The maximum atomic E-state index is 9.95. The average molecular weight is 172 g/mol. The predicted octanol–water partition coefficient (Wildman–Crippen LogP) is 2.04. The first-order valence-electron chi connectivity index (χ1n) is 4.41. The summed E-state index contributed by atoms with van der Waals surface area (Å²) in [6.45, 7) is 4.54. The maximum Gasteiger partial charge on any atom is 0.0691 e. The fourth-order valence-corrected chi connectivity index (χ4v) is 3.70. The highest BCUT2D eigenvalue weighted by Crippen LogP contribution is 2.55. The summed E-state index contributed by atoms with van der Waals surface area (Å²) in [6, 6.07) is 0. The van der Waals surface area contributed by atoms with Crippen molar-refractivity contribution >= 4 is 11.8 Å². The van der Waals surface area contributed by atoms with Crippen molar-refractivity contribution in [3.63, 3.8) is 0 Å². The number of hydrogen-bond donors (Lipinski definition) is 1. The van der Waals surface area contributed by atoms with Crippen LogP contribution in [0.4, 0.5) is 0 Å². The molecule has 1 saturated heterocycles. The molecular weight excluding hydrogens is 156 g/mol. The largest absolute Gasteiger partial charge is 0.390 e. The third-order valence-electron chi connectivity index (χ3n) is 3.13. The van der Waals surface area contributed by atoms with Gasteiger partial charge in [-0.1, -0.05) is 13.8 Å². The fraction of sp³-hybridized carbons (Fsp3) is 1.00. The lowest BCUT2D eigenvalue weighted by molar-refractivity contribution is 0.0688. The van der Waals surface area contributed by atoms with Crippen molar-refractivity contribution < 1.29 is 5.11 Å². The van der Waals surface area contributed by atoms with Crippen molar-refractivity contribution in [1.82, 2.24) is 0 Å². The minimum Gasteiger partial charge on any atom is -0.390 e. The molecule has 0 spiro atoms. The first-order valence-corrected chi connectivity index (χ1v) is 5.39. The Balaban J connectivity index is 2.13. The summed E-state index contributed by atoms with van der Waals surface area (Å²) in [4.78, 5) is 0. The standard InChI is InChI=1S/C9H16OS/c1-8(2)7(3-6-11-8)9(10)4-5-9/h7,10H,3-6H2,1-2H3. The highest BCUT2D eigenvalue weighted by atomic mass is 32.2. The van der Waals surface area contributed by atoms with E-state index in [-0.39, 0.29) is 5.60 Å². The van der Waals surface area contributed by atoms with Crippen LogP contribution in [0, 0.1) is 5.92 Å². The molecule has 2 aliphatic rings. The molecule has 64 valence electrons. The summed E-state index contributed by atoms with van der Waals surface area (Å²) >= 11 is 2.01. The number of hydrogen-bond acceptors (Lipinski definition) is 2. The summed E-state index contributed by atoms with van der Waals surface area (Å²) in [7, 11) is 0. The molecule has 1 unspecified atom stereocenters. The van der Waals surface area contributed by atoms with E-state index in [0.717, 1.165) is 12.8 Å². The molecule has 2 rings (SSSR count). The van der Waals surface area contributed by atoms with Gasteiger partial charge in [0.2, 0.25) is 0 Å². The first-order chi connectivity index (χ1) is 5.05. The normalized spacial score (nSPS) is 39.0. The Morgan fingerprint density at radius 2 is 2.00 bits per heavy atom. The summed E-state index contributed by atoms with van der Waals surface area (Å²) in [5, 5.41) is 9.95. The Kier molecular flexibility index (Phi) is 1.56. The van der Waals surface area contributed by atoms with Gasteiger partial charge in [-0.05, 0) is 25.0 Å². The summed E-state index contributed by atoms with van der Waals surface area (Å²) in [5.74, 6) is 1.79. The van der Waals surface area contributed by atoms with Crippen LogP contribution >= 0.6 is 11.8 Å². The molecule has 1 saturated carbocycles. The Hall–Kier alpha value is 0.310. The van der Waals surface area contributed by atoms with Crippen molar-refractivity contribution in [2.45, 2.75) is 43.5 Å². The van der Waals surface area contributed by atoms with Gasteiger partial charge in [0.15, 0.2) is 0 Å². The summed E-state index contributed by atoms with van der Waals surface area (Å²) in [6.07, 6.45) is 3.30. The van der Waals surface area contributed by atoms with Gasteiger partial charge in [0.05, 0.1) is 5.60 Å². The molecule has 2 fully saturated rings. The fourth-order valence-electron chi connectivity index (χ4n) is 2.28. The van der Waals surface area contributed by atoms with E-state index in [1.54, 1.807) is 0 Å². The molecule has 1 heterocycles. The van der Waals surface area contributed by atoms with Gasteiger partial charge in [0.1, 0.15) is 0 Å². The Morgan fingerprint density at radius 3 is 2.36 bits per heavy atom. The molecule has 0 aromatic heterocycles. The predicted molar refractivity (Wildman–Crippen MR) is 48.8 cm³/mol. The van der Waals surface area contributed by atoms with Crippen LogP contribution in [0.1, 0.15) is 33.1 Å². The van der Waals surface area contributed by atoms with Crippen molar-refractivity contribution in [1.29, 1.82) is 0 Å². The maximum absolute atomic E-state index is 9.95. The third kappa shape index (κ3) is 1.20. The molecule has 11 heavy (non-hydrogen) atoms. The van der Waals surface area contributed by atoms with Gasteiger partial charge >= 0.3 is 0 Å². The lowest BCUT2D eigenvalue weighted by Gasteiger charge is -2.30. The Morgan fingerprint density at radius 1 is 1.36 bits per heavy atom. The van der Waals surface area contributed by atoms with Crippen LogP contribution in [0.3, 0.4) is 0 Å². The molecule has 1 atom stereocenters. The highest BCUT2D eigenvalue weighted by Gasteiger charge is 2.55. The van der Waals surface area contributed by atoms with Gasteiger partial charge in [-0.25, -0.2) is 0 Å². The lowest BCUT2D eigenvalue weighted by Crippen LogP contribution is -2.34. The van der Waals surface area contributed by atoms with Crippen molar-refractivity contribution in [2.24, 2.45) is 5.92 Å². The highest BCUT2D eigenvalue weighted by molar-refractivity contribution is 8.00. The monoisotopic (exact) mass is 172 g/mol. The van der Waals surface area contributed by atoms with Gasteiger partial charge in [-0.2, -0.15) is 11.8 Å². The van der Waals surface area contributed by atoms with E-state index in [0.29, 0.717) is 10.7 Å². The van der Waals surface area contributed by atoms with E-state index < -0.39 is 0 Å². The van der Waals surface area contributed by atoms with E-state index in [1.807, 2.05) is 11.8 Å². The van der Waals surface area contributed by atoms with Crippen LogP contribution in [-0.2, 0) is 0 Å². The zero-order valence-electron chi connectivity index (χ0n) is 7.26. The number of aliphatic hydroxyl groups is 1. The van der Waals surface area contributed by atoms with Gasteiger partial charge in [0.25, 0.3) is 0 Å². The van der Waals surface area contributed by atoms with E-state index in [2.05, 4.69) is 13.8 Å². The van der Waals surface area contributed by atoms with E-state index >= 15 is 0 Å². The second-order valence-corrected chi connectivity index (χ2v) is 6.15. The molecule has 0 bridgehead atoms.